The van der Waals surface area contributed by atoms with Crippen LogP contribution in [0.1, 0.15) is 19.8 Å². The number of hydrogen-bond acceptors (Lipinski definition) is 3. The molecular formula is C15H21FN2O3. The van der Waals surface area contributed by atoms with Gasteiger partial charge in [-0.2, -0.15) is 0 Å². The molecule has 1 heterocycles. The lowest BCUT2D eigenvalue weighted by atomic mass is 10.2. The number of anilines is 1. The summed E-state index contributed by atoms with van der Waals surface area (Å²) in [6.45, 7) is 3.77. The maximum absolute atomic E-state index is 13.3. The molecule has 1 N–H and O–H groups in total. The van der Waals surface area contributed by atoms with Crippen molar-refractivity contribution in [2.45, 2.75) is 25.8 Å². The number of carbonyl (C=O) groups excluding carboxylic acids is 1. The van der Waals surface area contributed by atoms with E-state index in [0.717, 1.165) is 12.8 Å². The molecule has 5 nitrogen and oxygen atoms in total. The van der Waals surface area contributed by atoms with Crippen LogP contribution in [0.25, 0.3) is 0 Å². The van der Waals surface area contributed by atoms with Gasteiger partial charge in [0.2, 0.25) is 0 Å². The van der Waals surface area contributed by atoms with E-state index in [1.807, 2.05) is 6.92 Å². The van der Waals surface area contributed by atoms with Crippen LogP contribution in [-0.2, 0) is 4.74 Å². The number of urea groups is 1. The molecule has 0 aliphatic carbocycles. The van der Waals surface area contributed by atoms with Gasteiger partial charge >= 0.3 is 6.03 Å². The first-order chi connectivity index (χ1) is 10.2. The van der Waals surface area contributed by atoms with Crippen molar-refractivity contribution in [3.8, 4) is 5.75 Å². The van der Waals surface area contributed by atoms with Crippen LogP contribution in [0.3, 0.4) is 0 Å². The fourth-order valence-corrected chi connectivity index (χ4v) is 2.50. The second-order valence-electron chi connectivity index (χ2n) is 4.92. The van der Waals surface area contributed by atoms with E-state index in [0.29, 0.717) is 31.2 Å². The van der Waals surface area contributed by atoms with Gasteiger partial charge in [-0.1, -0.05) is 0 Å². The van der Waals surface area contributed by atoms with Crippen molar-refractivity contribution in [3.05, 3.63) is 24.0 Å². The van der Waals surface area contributed by atoms with Crippen molar-refractivity contribution in [3.63, 3.8) is 0 Å². The molecule has 21 heavy (non-hydrogen) atoms. The highest BCUT2D eigenvalue weighted by Gasteiger charge is 2.29. The zero-order valence-corrected chi connectivity index (χ0v) is 12.4. The number of halogens is 1. The number of nitrogens with zero attached hydrogens (tertiary/aromatic N) is 1. The van der Waals surface area contributed by atoms with Gasteiger partial charge in [0, 0.05) is 19.2 Å². The van der Waals surface area contributed by atoms with Gasteiger partial charge < -0.3 is 19.7 Å². The summed E-state index contributed by atoms with van der Waals surface area (Å²) in [4.78, 5) is 14.1. The average molecular weight is 296 g/mol. The molecule has 1 fully saturated rings. The van der Waals surface area contributed by atoms with Gasteiger partial charge in [0.25, 0.3) is 0 Å². The standard InChI is InChI=1S/C15H21FN2O3/c1-3-21-10-12-5-4-8-18(12)15(19)17-13-9-11(16)6-7-14(13)20-2/h6-7,9,12H,3-5,8,10H2,1-2H3,(H,17,19)/t12-/m0/s1. The first kappa shape index (κ1) is 15.6. The molecule has 1 saturated heterocycles. The second kappa shape index (κ2) is 7.26. The summed E-state index contributed by atoms with van der Waals surface area (Å²) in [5.74, 6) is 0.0173. The van der Waals surface area contributed by atoms with Crippen molar-refractivity contribution in [2.24, 2.45) is 0 Å². The molecular weight excluding hydrogens is 275 g/mol. The molecule has 0 spiro atoms. The molecule has 1 aromatic rings. The van der Waals surface area contributed by atoms with E-state index in [4.69, 9.17) is 9.47 Å². The number of nitrogens with one attached hydrogen (secondary N) is 1. The topological polar surface area (TPSA) is 50.8 Å². The largest absolute Gasteiger partial charge is 0.495 e. The zero-order chi connectivity index (χ0) is 15.2. The fraction of sp³-hybridized carbons (Fsp3) is 0.533. The van der Waals surface area contributed by atoms with Crippen molar-refractivity contribution in [1.29, 1.82) is 0 Å². The van der Waals surface area contributed by atoms with E-state index in [1.165, 1.54) is 25.3 Å². The molecule has 2 rings (SSSR count). The lowest BCUT2D eigenvalue weighted by Crippen LogP contribution is -2.41. The Kier molecular flexibility index (Phi) is 5.38. The number of ether oxygens (including phenoxy) is 2. The summed E-state index contributed by atoms with van der Waals surface area (Å²) >= 11 is 0. The third-order valence-electron chi connectivity index (χ3n) is 3.56. The summed E-state index contributed by atoms with van der Waals surface area (Å²) in [6.07, 6.45) is 1.87. The Morgan fingerprint density at radius 3 is 3.05 bits per heavy atom. The fourth-order valence-electron chi connectivity index (χ4n) is 2.50. The van der Waals surface area contributed by atoms with E-state index in [9.17, 15) is 9.18 Å². The van der Waals surface area contributed by atoms with Crippen LogP contribution in [-0.4, -0.2) is 43.8 Å². The first-order valence-corrected chi connectivity index (χ1v) is 7.14. The lowest BCUT2D eigenvalue weighted by molar-refractivity contribution is 0.0970. The molecule has 116 valence electrons. The number of carbonyl (C=O) groups is 1. The third-order valence-corrected chi connectivity index (χ3v) is 3.56. The molecule has 0 unspecified atom stereocenters. The van der Waals surface area contributed by atoms with Crippen LogP contribution in [0.4, 0.5) is 14.9 Å². The normalized spacial score (nSPS) is 17.9. The molecule has 2 amide bonds. The summed E-state index contributed by atoms with van der Waals surface area (Å²) in [6, 6.07) is 3.87. The average Bonchev–Trinajstić information content (AvgIpc) is 2.94. The van der Waals surface area contributed by atoms with Gasteiger partial charge in [0.1, 0.15) is 11.6 Å². The smallest absolute Gasteiger partial charge is 0.322 e. The van der Waals surface area contributed by atoms with E-state index in [-0.39, 0.29) is 12.1 Å². The summed E-state index contributed by atoms with van der Waals surface area (Å²) in [5.41, 5.74) is 0.338. The number of hydrogen-bond donors (Lipinski definition) is 1. The van der Waals surface area contributed by atoms with Crippen molar-refractivity contribution in [1.82, 2.24) is 4.90 Å². The Morgan fingerprint density at radius 2 is 2.33 bits per heavy atom. The highest BCUT2D eigenvalue weighted by molar-refractivity contribution is 5.91. The van der Waals surface area contributed by atoms with Crippen LogP contribution in [0.5, 0.6) is 5.75 Å². The molecule has 6 heteroatoms. The van der Waals surface area contributed by atoms with Gasteiger partial charge in [0.05, 0.1) is 25.4 Å². The van der Waals surface area contributed by atoms with Crippen molar-refractivity contribution in [2.75, 3.05) is 32.2 Å². The number of benzene rings is 1. The van der Waals surface area contributed by atoms with E-state index in [2.05, 4.69) is 5.32 Å². The molecule has 0 bridgehead atoms. The molecule has 1 aromatic carbocycles. The van der Waals surface area contributed by atoms with Gasteiger partial charge in [-0.3, -0.25) is 0 Å². The predicted octanol–water partition coefficient (Wildman–Crippen LogP) is 2.87. The maximum Gasteiger partial charge on any atom is 0.322 e. The van der Waals surface area contributed by atoms with E-state index in [1.54, 1.807) is 4.90 Å². The Labute approximate surface area is 124 Å². The van der Waals surface area contributed by atoms with E-state index < -0.39 is 5.82 Å². The van der Waals surface area contributed by atoms with Gasteiger partial charge in [-0.25, -0.2) is 9.18 Å². The number of amides is 2. The summed E-state index contributed by atoms with van der Waals surface area (Å²) < 4.78 is 23.9. The van der Waals surface area contributed by atoms with Crippen LogP contribution in [0.15, 0.2) is 18.2 Å². The minimum Gasteiger partial charge on any atom is -0.495 e. The minimum atomic E-state index is -0.418. The van der Waals surface area contributed by atoms with Crippen LogP contribution >= 0.6 is 0 Å². The van der Waals surface area contributed by atoms with E-state index >= 15 is 0 Å². The Balaban J connectivity index is 2.05. The van der Waals surface area contributed by atoms with Crippen LogP contribution in [0, 0.1) is 5.82 Å². The molecule has 1 aliphatic rings. The van der Waals surface area contributed by atoms with Crippen LogP contribution in [0.2, 0.25) is 0 Å². The molecule has 0 saturated carbocycles. The van der Waals surface area contributed by atoms with Gasteiger partial charge in [-0.05, 0) is 31.9 Å². The molecule has 0 aromatic heterocycles. The highest BCUT2D eigenvalue weighted by Crippen LogP contribution is 2.26. The quantitative estimate of drug-likeness (QED) is 0.909. The zero-order valence-electron chi connectivity index (χ0n) is 12.4. The number of rotatable bonds is 5. The molecule has 1 aliphatic heterocycles. The predicted molar refractivity (Wildman–Crippen MR) is 78.2 cm³/mol. The Bertz CT molecular complexity index is 496. The minimum absolute atomic E-state index is 0.0736. The first-order valence-electron chi connectivity index (χ1n) is 7.14. The monoisotopic (exact) mass is 296 g/mol. The molecule has 1 atom stereocenters. The van der Waals surface area contributed by atoms with Crippen LogP contribution < -0.4 is 10.1 Å². The SMILES string of the molecule is CCOC[C@@H]1CCCN1C(=O)Nc1cc(F)ccc1OC. The highest BCUT2D eigenvalue weighted by atomic mass is 19.1. The van der Waals surface area contributed by atoms with Crippen molar-refractivity contribution < 1.29 is 18.7 Å². The second-order valence-corrected chi connectivity index (χ2v) is 4.92. The summed E-state index contributed by atoms with van der Waals surface area (Å²) in [7, 11) is 1.48. The lowest BCUT2D eigenvalue weighted by Gasteiger charge is -2.25. The maximum atomic E-state index is 13.3. The Morgan fingerprint density at radius 1 is 1.52 bits per heavy atom. The van der Waals surface area contributed by atoms with Crippen molar-refractivity contribution >= 4 is 11.7 Å². The number of methoxy groups -OCH3 is 1. The Hall–Kier alpha value is -1.82. The van der Waals surface area contributed by atoms with Gasteiger partial charge in [-0.15, -0.1) is 0 Å². The summed E-state index contributed by atoms with van der Waals surface area (Å²) in [5, 5.41) is 2.72. The third kappa shape index (κ3) is 3.85. The molecule has 0 radical (unpaired) electrons. The van der Waals surface area contributed by atoms with Gasteiger partial charge in [0.15, 0.2) is 0 Å². The number of likely N-dealkylation sites (tertiary alicyclic amines) is 1.